The van der Waals surface area contributed by atoms with Crippen LogP contribution in [0.1, 0.15) is 51.2 Å². The van der Waals surface area contributed by atoms with Gasteiger partial charge in [-0.2, -0.15) is 0 Å². The summed E-state index contributed by atoms with van der Waals surface area (Å²) < 4.78 is 0. The van der Waals surface area contributed by atoms with E-state index in [1.165, 1.54) is 19.3 Å². The molecule has 114 valence electrons. The summed E-state index contributed by atoms with van der Waals surface area (Å²) in [5.74, 6) is 0. The molecule has 2 unspecified atom stereocenters. The fraction of sp³-hybridized carbons (Fsp3) is 0.647. The third-order valence-electron chi connectivity index (χ3n) is 3.76. The zero-order chi connectivity index (χ0) is 15.0. The first-order chi connectivity index (χ1) is 9.60. The molecule has 0 heterocycles. The van der Waals surface area contributed by atoms with Gasteiger partial charge in [0.2, 0.25) is 0 Å². The molecule has 20 heavy (non-hydrogen) atoms. The van der Waals surface area contributed by atoms with Crippen molar-refractivity contribution in [1.29, 1.82) is 0 Å². The van der Waals surface area contributed by atoms with E-state index in [2.05, 4.69) is 36.2 Å². The number of hydrogen-bond donors (Lipinski definition) is 2. The van der Waals surface area contributed by atoms with Crippen molar-refractivity contribution < 1.29 is 5.11 Å². The summed E-state index contributed by atoms with van der Waals surface area (Å²) in [6, 6.07) is 8.30. The maximum Gasteiger partial charge on any atom is 0.0942 e. The Morgan fingerprint density at radius 1 is 1.10 bits per heavy atom. The van der Waals surface area contributed by atoms with Gasteiger partial charge in [-0.15, -0.1) is 0 Å². The molecule has 3 nitrogen and oxygen atoms in total. The van der Waals surface area contributed by atoms with E-state index < -0.39 is 6.10 Å². The Bertz CT molecular complexity index is 362. The number of rotatable bonds is 9. The number of benzene rings is 1. The number of aliphatic hydroxyl groups excluding tert-OH is 1. The molecular formula is C17H30N2O. The lowest BCUT2D eigenvalue weighted by Crippen LogP contribution is -2.35. The number of anilines is 1. The lowest BCUT2D eigenvalue weighted by atomic mass is 9.99. The summed E-state index contributed by atoms with van der Waals surface area (Å²) in [6.07, 6.45) is 4.16. The average Bonchev–Trinajstić information content (AvgIpc) is 2.47. The summed E-state index contributed by atoms with van der Waals surface area (Å²) in [7, 11) is 4.05. The molecule has 2 atom stereocenters. The number of nitrogens with one attached hydrogen (secondary N) is 1. The first-order valence-electron chi connectivity index (χ1n) is 7.78. The topological polar surface area (TPSA) is 35.5 Å². The van der Waals surface area contributed by atoms with Gasteiger partial charge >= 0.3 is 0 Å². The molecule has 0 saturated carbocycles. The van der Waals surface area contributed by atoms with Crippen LogP contribution in [0.5, 0.6) is 0 Å². The zero-order valence-corrected chi connectivity index (χ0v) is 13.4. The van der Waals surface area contributed by atoms with Crippen LogP contribution in [-0.2, 0) is 0 Å². The van der Waals surface area contributed by atoms with Crippen molar-refractivity contribution in [3.05, 3.63) is 29.8 Å². The second-order valence-electron chi connectivity index (χ2n) is 5.61. The van der Waals surface area contributed by atoms with Crippen LogP contribution < -0.4 is 10.2 Å². The maximum absolute atomic E-state index is 10.5. The summed E-state index contributed by atoms with van der Waals surface area (Å²) >= 11 is 0. The third-order valence-corrected chi connectivity index (χ3v) is 3.76. The van der Waals surface area contributed by atoms with Crippen molar-refractivity contribution in [1.82, 2.24) is 5.32 Å². The average molecular weight is 278 g/mol. The smallest absolute Gasteiger partial charge is 0.0942 e. The van der Waals surface area contributed by atoms with E-state index in [9.17, 15) is 5.11 Å². The molecule has 3 heteroatoms. The van der Waals surface area contributed by atoms with Crippen molar-refractivity contribution in [2.24, 2.45) is 0 Å². The van der Waals surface area contributed by atoms with Crippen molar-refractivity contribution in [3.63, 3.8) is 0 Å². The Balaban J connectivity index is 2.58. The van der Waals surface area contributed by atoms with Gasteiger partial charge in [-0.05, 0) is 37.1 Å². The van der Waals surface area contributed by atoms with Gasteiger partial charge < -0.3 is 15.3 Å². The third kappa shape index (κ3) is 5.14. The lowest BCUT2D eigenvalue weighted by Gasteiger charge is -2.24. The molecule has 1 aromatic carbocycles. The SMILES string of the molecule is CCCCCNC(CC)C(O)c1ccc(N(C)C)cc1. The van der Waals surface area contributed by atoms with Crippen molar-refractivity contribution in [2.75, 3.05) is 25.5 Å². The van der Waals surface area contributed by atoms with E-state index in [0.717, 1.165) is 24.2 Å². The number of unbranched alkanes of at least 4 members (excludes halogenated alkanes) is 2. The van der Waals surface area contributed by atoms with E-state index in [4.69, 9.17) is 0 Å². The molecule has 0 saturated heterocycles. The van der Waals surface area contributed by atoms with E-state index in [-0.39, 0.29) is 6.04 Å². The van der Waals surface area contributed by atoms with Gasteiger partial charge in [-0.3, -0.25) is 0 Å². The summed E-state index contributed by atoms with van der Waals surface area (Å²) in [4.78, 5) is 2.07. The second kappa shape index (κ2) is 8.98. The minimum Gasteiger partial charge on any atom is -0.387 e. The van der Waals surface area contributed by atoms with Gasteiger partial charge in [0.15, 0.2) is 0 Å². The highest BCUT2D eigenvalue weighted by Gasteiger charge is 2.18. The van der Waals surface area contributed by atoms with Crippen LogP contribution in [0.25, 0.3) is 0 Å². The zero-order valence-electron chi connectivity index (χ0n) is 13.4. The maximum atomic E-state index is 10.5. The van der Waals surface area contributed by atoms with Gasteiger partial charge in [0.05, 0.1) is 6.10 Å². The molecule has 0 spiro atoms. The Kier molecular flexibility index (Phi) is 7.63. The van der Waals surface area contributed by atoms with E-state index in [0.29, 0.717) is 0 Å². The van der Waals surface area contributed by atoms with Crippen LogP contribution in [0.3, 0.4) is 0 Å². The quantitative estimate of drug-likeness (QED) is 0.680. The predicted octanol–water partition coefficient (Wildman–Crippen LogP) is 3.34. The molecule has 1 aromatic rings. The molecule has 0 aliphatic carbocycles. The highest BCUT2D eigenvalue weighted by atomic mass is 16.3. The number of aliphatic hydroxyl groups is 1. The molecule has 0 aromatic heterocycles. The molecule has 0 amide bonds. The highest BCUT2D eigenvalue weighted by molar-refractivity contribution is 5.46. The molecule has 1 rings (SSSR count). The molecule has 2 N–H and O–H groups in total. The summed E-state index contributed by atoms with van der Waals surface area (Å²) in [5, 5.41) is 14.0. The van der Waals surface area contributed by atoms with Crippen LogP contribution >= 0.6 is 0 Å². The number of hydrogen-bond acceptors (Lipinski definition) is 3. The second-order valence-corrected chi connectivity index (χ2v) is 5.61. The summed E-state index contributed by atoms with van der Waals surface area (Å²) in [6.45, 7) is 5.31. The van der Waals surface area contributed by atoms with Crippen LogP contribution in [0, 0.1) is 0 Å². The van der Waals surface area contributed by atoms with Crippen molar-refractivity contribution >= 4 is 5.69 Å². The van der Waals surface area contributed by atoms with E-state index >= 15 is 0 Å². The Hall–Kier alpha value is -1.06. The molecule has 0 aliphatic rings. The predicted molar refractivity (Wildman–Crippen MR) is 87.3 cm³/mol. The fourth-order valence-corrected chi connectivity index (χ4v) is 2.34. The molecule has 0 radical (unpaired) electrons. The van der Waals surface area contributed by atoms with Gasteiger partial charge in [-0.1, -0.05) is 38.8 Å². The first kappa shape index (κ1) is 17.0. The van der Waals surface area contributed by atoms with Crippen molar-refractivity contribution in [3.8, 4) is 0 Å². The molecule has 0 bridgehead atoms. The molecule has 0 aliphatic heterocycles. The Morgan fingerprint density at radius 3 is 2.25 bits per heavy atom. The Labute approximate surface area is 124 Å². The fourth-order valence-electron chi connectivity index (χ4n) is 2.34. The van der Waals surface area contributed by atoms with Gasteiger partial charge in [0.25, 0.3) is 0 Å². The molecule has 0 fully saturated rings. The Morgan fingerprint density at radius 2 is 1.75 bits per heavy atom. The van der Waals surface area contributed by atoms with Crippen LogP contribution in [0.2, 0.25) is 0 Å². The monoisotopic (exact) mass is 278 g/mol. The normalized spacial score (nSPS) is 14.1. The lowest BCUT2D eigenvalue weighted by molar-refractivity contribution is 0.126. The largest absolute Gasteiger partial charge is 0.387 e. The van der Waals surface area contributed by atoms with Crippen LogP contribution in [-0.4, -0.2) is 31.8 Å². The summed E-state index contributed by atoms with van der Waals surface area (Å²) in [5.41, 5.74) is 2.15. The van der Waals surface area contributed by atoms with Gasteiger partial charge in [0.1, 0.15) is 0 Å². The minimum atomic E-state index is -0.433. The van der Waals surface area contributed by atoms with E-state index in [1.54, 1.807) is 0 Å². The van der Waals surface area contributed by atoms with E-state index in [1.807, 2.05) is 26.2 Å². The van der Waals surface area contributed by atoms with Crippen molar-refractivity contribution in [2.45, 2.75) is 51.7 Å². The molecular weight excluding hydrogens is 248 g/mol. The van der Waals surface area contributed by atoms with Crippen LogP contribution in [0.4, 0.5) is 5.69 Å². The van der Waals surface area contributed by atoms with Gasteiger partial charge in [0, 0.05) is 25.8 Å². The minimum absolute atomic E-state index is 0.136. The van der Waals surface area contributed by atoms with Gasteiger partial charge in [-0.25, -0.2) is 0 Å². The number of nitrogens with zero attached hydrogens (tertiary/aromatic N) is 1. The highest BCUT2D eigenvalue weighted by Crippen LogP contribution is 2.21. The first-order valence-corrected chi connectivity index (χ1v) is 7.78. The van der Waals surface area contributed by atoms with Crippen LogP contribution in [0.15, 0.2) is 24.3 Å². The standard InChI is InChI=1S/C17H30N2O/c1-5-7-8-13-18-16(6-2)17(20)14-9-11-15(12-10-14)19(3)4/h9-12,16-18,20H,5-8,13H2,1-4H3.